The molecule has 1 aromatic rings. The SMILES string of the molecule is CCCC1=NN(c2cccc(F)c2)C(=O)C1. The number of benzene rings is 1. The van der Waals surface area contributed by atoms with Crippen LogP contribution < -0.4 is 5.01 Å². The summed E-state index contributed by atoms with van der Waals surface area (Å²) in [6, 6.07) is 5.92. The number of hydrogen-bond donors (Lipinski definition) is 0. The molecule has 0 atom stereocenters. The van der Waals surface area contributed by atoms with Crippen molar-refractivity contribution in [1.82, 2.24) is 0 Å². The van der Waals surface area contributed by atoms with Gasteiger partial charge in [0.2, 0.25) is 0 Å². The van der Waals surface area contributed by atoms with Crippen molar-refractivity contribution in [1.29, 1.82) is 0 Å². The molecule has 0 spiro atoms. The number of hydrazone groups is 1. The third kappa shape index (κ3) is 2.10. The van der Waals surface area contributed by atoms with E-state index in [0.29, 0.717) is 12.1 Å². The first-order valence-corrected chi connectivity index (χ1v) is 5.35. The molecule has 0 saturated heterocycles. The zero-order valence-corrected chi connectivity index (χ0v) is 9.11. The minimum Gasteiger partial charge on any atom is -0.272 e. The molecule has 4 heteroatoms. The number of anilines is 1. The van der Waals surface area contributed by atoms with Crippen molar-refractivity contribution in [3.05, 3.63) is 30.1 Å². The monoisotopic (exact) mass is 220 g/mol. The summed E-state index contributed by atoms with van der Waals surface area (Å²) in [6.45, 7) is 2.04. The molecule has 0 saturated carbocycles. The second kappa shape index (κ2) is 4.43. The first-order chi connectivity index (χ1) is 7.70. The maximum atomic E-state index is 13.0. The van der Waals surface area contributed by atoms with Crippen LogP contribution in [0.3, 0.4) is 0 Å². The molecule has 0 radical (unpaired) electrons. The fourth-order valence-corrected chi connectivity index (χ4v) is 1.72. The molecule has 0 aliphatic carbocycles. The highest BCUT2D eigenvalue weighted by atomic mass is 19.1. The summed E-state index contributed by atoms with van der Waals surface area (Å²) >= 11 is 0. The van der Waals surface area contributed by atoms with E-state index in [1.54, 1.807) is 12.1 Å². The van der Waals surface area contributed by atoms with E-state index in [0.717, 1.165) is 18.6 Å². The molecule has 1 heterocycles. The lowest BCUT2D eigenvalue weighted by atomic mass is 10.2. The van der Waals surface area contributed by atoms with Crippen LogP contribution in [0, 0.1) is 5.82 Å². The van der Waals surface area contributed by atoms with Crippen molar-refractivity contribution < 1.29 is 9.18 Å². The minimum absolute atomic E-state index is 0.0888. The van der Waals surface area contributed by atoms with Gasteiger partial charge in [-0.05, 0) is 24.6 Å². The lowest BCUT2D eigenvalue weighted by Gasteiger charge is -2.10. The van der Waals surface area contributed by atoms with Gasteiger partial charge in [0.05, 0.1) is 12.1 Å². The molecule has 2 rings (SSSR count). The smallest absolute Gasteiger partial charge is 0.253 e. The third-order valence-electron chi connectivity index (χ3n) is 2.42. The van der Waals surface area contributed by atoms with E-state index >= 15 is 0 Å². The second-order valence-electron chi connectivity index (χ2n) is 3.78. The largest absolute Gasteiger partial charge is 0.272 e. The molecule has 1 aliphatic heterocycles. The fraction of sp³-hybridized carbons (Fsp3) is 0.333. The predicted molar refractivity (Wildman–Crippen MR) is 60.8 cm³/mol. The van der Waals surface area contributed by atoms with Gasteiger partial charge >= 0.3 is 0 Å². The zero-order valence-electron chi connectivity index (χ0n) is 9.11. The third-order valence-corrected chi connectivity index (χ3v) is 2.42. The summed E-state index contributed by atoms with van der Waals surface area (Å²) < 4.78 is 13.0. The molecule has 1 amide bonds. The van der Waals surface area contributed by atoms with Gasteiger partial charge in [0.25, 0.3) is 5.91 Å². The molecule has 16 heavy (non-hydrogen) atoms. The number of halogens is 1. The van der Waals surface area contributed by atoms with Gasteiger partial charge in [0.1, 0.15) is 5.82 Å². The normalized spacial score (nSPS) is 15.5. The zero-order chi connectivity index (χ0) is 11.5. The molecule has 0 unspecified atom stereocenters. The van der Waals surface area contributed by atoms with Crippen LogP contribution in [-0.2, 0) is 4.79 Å². The van der Waals surface area contributed by atoms with Crippen LogP contribution in [0.1, 0.15) is 26.2 Å². The van der Waals surface area contributed by atoms with Crippen molar-refractivity contribution in [3.8, 4) is 0 Å². The molecular formula is C12H13FN2O. The molecule has 0 bridgehead atoms. The highest BCUT2D eigenvalue weighted by Gasteiger charge is 2.24. The van der Waals surface area contributed by atoms with Crippen LogP contribution in [0.2, 0.25) is 0 Å². The van der Waals surface area contributed by atoms with Crippen molar-refractivity contribution in [2.75, 3.05) is 5.01 Å². The first-order valence-electron chi connectivity index (χ1n) is 5.35. The van der Waals surface area contributed by atoms with Crippen molar-refractivity contribution in [2.45, 2.75) is 26.2 Å². The summed E-state index contributed by atoms with van der Waals surface area (Å²) in [5, 5.41) is 5.49. The summed E-state index contributed by atoms with van der Waals surface area (Å²) in [5.74, 6) is -0.446. The van der Waals surface area contributed by atoms with Gasteiger partial charge in [-0.3, -0.25) is 4.79 Å². The van der Waals surface area contributed by atoms with E-state index in [1.165, 1.54) is 17.1 Å². The standard InChI is InChI=1S/C12H13FN2O/c1-2-4-10-8-12(16)15(14-10)11-6-3-5-9(13)7-11/h3,5-7H,2,4,8H2,1H3. The second-order valence-corrected chi connectivity index (χ2v) is 3.78. The van der Waals surface area contributed by atoms with Crippen LogP contribution in [-0.4, -0.2) is 11.6 Å². The van der Waals surface area contributed by atoms with Crippen LogP contribution in [0.25, 0.3) is 0 Å². The summed E-state index contributed by atoms with van der Waals surface area (Å²) in [7, 11) is 0. The van der Waals surface area contributed by atoms with E-state index in [-0.39, 0.29) is 11.7 Å². The maximum Gasteiger partial charge on any atom is 0.253 e. The lowest BCUT2D eigenvalue weighted by molar-refractivity contribution is -0.116. The molecular weight excluding hydrogens is 207 g/mol. The average molecular weight is 220 g/mol. The lowest BCUT2D eigenvalue weighted by Crippen LogP contribution is -2.19. The molecule has 0 aromatic heterocycles. The summed E-state index contributed by atoms with van der Waals surface area (Å²) in [5.41, 5.74) is 1.37. The van der Waals surface area contributed by atoms with Crippen LogP contribution >= 0.6 is 0 Å². The number of carbonyl (C=O) groups is 1. The molecule has 1 aliphatic rings. The Hall–Kier alpha value is -1.71. The first kappa shape index (κ1) is 10.8. The average Bonchev–Trinajstić information content (AvgIpc) is 2.60. The van der Waals surface area contributed by atoms with Crippen LogP contribution in [0.15, 0.2) is 29.4 Å². The van der Waals surface area contributed by atoms with Crippen molar-refractivity contribution in [3.63, 3.8) is 0 Å². The Labute approximate surface area is 93.6 Å². The van der Waals surface area contributed by atoms with Crippen LogP contribution in [0.5, 0.6) is 0 Å². The van der Waals surface area contributed by atoms with E-state index in [1.807, 2.05) is 6.92 Å². The van der Waals surface area contributed by atoms with Gasteiger partial charge < -0.3 is 0 Å². The topological polar surface area (TPSA) is 32.7 Å². The fourth-order valence-electron chi connectivity index (χ4n) is 1.72. The van der Waals surface area contributed by atoms with Gasteiger partial charge in [0, 0.05) is 5.71 Å². The summed E-state index contributed by atoms with van der Waals surface area (Å²) in [4.78, 5) is 11.7. The quantitative estimate of drug-likeness (QED) is 0.770. The highest BCUT2D eigenvalue weighted by molar-refractivity contribution is 6.12. The van der Waals surface area contributed by atoms with Crippen LogP contribution in [0.4, 0.5) is 10.1 Å². The van der Waals surface area contributed by atoms with E-state index in [9.17, 15) is 9.18 Å². The molecule has 0 N–H and O–H groups in total. The number of nitrogens with zero attached hydrogens (tertiary/aromatic N) is 2. The van der Waals surface area contributed by atoms with Crippen molar-refractivity contribution >= 4 is 17.3 Å². The van der Waals surface area contributed by atoms with E-state index in [4.69, 9.17) is 0 Å². The van der Waals surface area contributed by atoms with E-state index in [2.05, 4.69) is 5.10 Å². The van der Waals surface area contributed by atoms with Gasteiger partial charge in [0.15, 0.2) is 0 Å². The molecule has 3 nitrogen and oxygen atoms in total. The minimum atomic E-state index is -0.357. The van der Waals surface area contributed by atoms with Gasteiger partial charge in [-0.25, -0.2) is 9.40 Å². The predicted octanol–water partition coefficient (Wildman–Crippen LogP) is 2.72. The number of hydrogen-bond acceptors (Lipinski definition) is 2. The van der Waals surface area contributed by atoms with Gasteiger partial charge in [-0.15, -0.1) is 0 Å². The Kier molecular flexibility index (Phi) is 2.99. The number of rotatable bonds is 3. The Morgan fingerprint density at radius 2 is 2.31 bits per heavy atom. The van der Waals surface area contributed by atoms with Crippen molar-refractivity contribution in [2.24, 2.45) is 5.10 Å². The maximum absolute atomic E-state index is 13.0. The summed E-state index contributed by atoms with van der Waals surface area (Å²) in [6.07, 6.45) is 2.13. The number of carbonyl (C=O) groups excluding carboxylic acids is 1. The van der Waals surface area contributed by atoms with Gasteiger partial charge in [-0.2, -0.15) is 5.10 Å². The molecule has 1 aromatic carbocycles. The van der Waals surface area contributed by atoms with Gasteiger partial charge in [-0.1, -0.05) is 19.4 Å². The highest BCUT2D eigenvalue weighted by Crippen LogP contribution is 2.22. The molecule has 84 valence electrons. The number of amides is 1. The Balaban J connectivity index is 2.24. The van der Waals surface area contributed by atoms with E-state index < -0.39 is 0 Å². The Morgan fingerprint density at radius 3 is 3.00 bits per heavy atom. The molecule has 0 fully saturated rings. The Morgan fingerprint density at radius 1 is 1.50 bits per heavy atom. The Bertz CT molecular complexity index is 442.